The number of nitrogens with zero attached hydrogens (tertiary/aromatic N) is 1. The molecule has 0 bridgehead atoms. The zero-order chi connectivity index (χ0) is 14.9. The average Bonchev–Trinajstić information content (AvgIpc) is 2.55. The van der Waals surface area contributed by atoms with Crippen molar-refractivity contribution in [1.82, 2.24) is 15.3 Å². The predicted octanol–water partition coefficient (Wildman–Crippen LogP) is 2.31. The molecule has 22 heavy (non-hydrogen) atoms. The Morgan fingerprint density at radius 2 is 2.05 bits per heavy atom. The van der Waals surface area contributed by atoms with E-state index in [4.69, 9.17) is 0 Å². The van der Waals surface area contributed by atoms with E-state index in [0.717, 1.165) is 36.3 Å². The highest BCUT2D eigenvalue weighted by molar-refractivity contribution is 5.90. The fourth-order valence-corrected chi connectivity index (χ4v) is 2.88. The number of pyridine rings is 2. The van der Waals surface area contributed by atoms with E-state index in [-0.39, 0.29) is 5.56 Å². The van der Waals surface area contributed by atoms with Crippen molar-refractivity contribution in [3.05, 3.63) is 64.1 Å². The number of aromatic nitrogens is 2. The van der Waals surface area contributed by atoms with E-state index >= 15 is 0 Å². The normalized spacial score (nSPS) is 13.8. The number of hydrogen-bond donors (Lipinski definition) is 3. The van der Waals surface area contributed by atoms with Gasteiger partial charge in [-0.25, -0.2) is 4.98 Å². The van der Waals surface area contributed by atoms with Crippen molar-refractivity contribution in [2.24, 2.45) is 0 Å². The smallest absolute Gasteiger partial charge is 0.249 e. The third-order valence-corrected chi connectivity index (χ3v) is 4.00. The molecule has 3 N–H and O–H groups in total. The Bertz CT molecular complexity index is 901. The van der Waals surface area contributed by atoms with E-state index in [9.17, 15) is 4.79 Å². The van der Waals surface area contributed by atoms with Gasteiger partial charge in [0.05, 0.1) is 5.69 Å². The molecule has 110 valence electrons. The van der Waals surface area contributed by atoms with Gasteiger partial charge in [-0.05, 0) is 48.4 Å². The highest BCUT2D eigenvalue weighted by Crippen LogP contribution is 2.25. The molecule has 0 atom stereocenters. The van der Waals surface area contributed by atoms with Crippen LogP contribution in [0.25, 0.3) is 11.0 Å². The molecule has 1 aromatic carbocycles. The van der Waals surface area contributed by atoms with E-state index in [1.807, 2.05) is 6.07 Å². The first-order valence-electron chi connectivity index (χ1n) is 7.37. The minimum absolute atomic E-state index is 0.140. The van der Waals surface area contributed by atoms with Crippen LogP contribution in [-0.2, 0) is 13.0 Å². The van der Waals surface area contributed by atoms with E-state index < -0.39 is 0 Å². The van der Waals surface area contributed by atoms with Crippen LogP contribution in [0.2, 0.25) is 0 Å². The fraction of sp³-hybridized carbons (Fsp3) is 0.176. The number of hydrogen-bond acceptors (Lipinski definition) is 4. The van der Waals surface area contributed by atoms with Crippen LogP contribution in [0.1, 0.15) is 11.1 Å². The Hall–Kier alpha value is -2.66. The number of rotatable bonds is 2. The topological polar surface area (TPSA) is 69.8 Å². The molecule has 1 aliphatic heterocycles. The Balaban J connectivity index is 1.73. The number of benzene rings is 1. The summed E-state index contributed by atoms with van der Waals surface area (Å²) in [7, 11) is 0. The Kier molecular flexibility index (Phi) is 3.12. The second-order valence-electron chi connectivity index (χ2n) is 5.48. The largest absolute Gasteiger partial charge is 0.355 e. The van der Waals surface area contributed by atoms with Crippen molar-refractivity contribution < 1.29 is 0 Å². The van der Waals surface area contributed by atoms with Gasteiger partial charge in [0.2, 0.25) is 5.56 Å². The molecule has 0 spiro atoms. The van der Waals surface area contributed by atoms with Gasteiger partial charge in [-0.3, -0.25) is 4.79 Å². The lowest BCUT2D eigenvalue weighted by Gasteiger charge is -2.18. The molecule has 0 amide bonds. The molecule has 5 nitrogen and oxygen atoms in total. The van der Waals surface area contributed by atoms with Crippen molar-refractivity contribution in [3.8, 4) is 0 Å². The van der Waals surface area contributed by atoms with Crippen LogP contribution in [0.4, 0.5) is 11.4 Å². The first-order chi connectivity index (χ1) is 10.8. The van der Waals surface area contributed by atoms with Gasteiger partial charge in [0.15, 0.2) is 0 Å². The van der Waals surface area contributed by atoms with Gasteiger partial charge in [-0.1, -0.05) is 6.07 Å². The zero-order valence-electron chi connectivity index (χ0n) is 12.0. The molecule has 5 heteroatoms. The highest BCUT2D eigenvalue weighted by Gasteiger charge is 2.09. The monoisotopic (exact) mass is 292 g/mol. The third-order valence-electron chi connectivity index (χ3n) is 4.00. The Morgan fingerprint density at radius 1 is 1.09 bits per heavy atom. The van der Waals surface area contributed by atoms with Crippen LogP contribution in [0, 0.1) is 0 Å². The number of fused-ring (bicyclic) bond motifs is 2. The molecule has 4 rings (SSSR count). The molecule has 0 radical (unpaired) electrons. The quantitative estimate of drug-likeness (QED) is 0.678. The Morgan fingerprint density at radius 3 is 3.00 bits per heavy atom. The van der Waals surface area contributed by atoms with Crippen LogP contribution < -0.4 is 16.2 Å². The lowest BCUT2D eigenvalue weighted by Crippen LogP contribution is -2.23. The summed E-state index contributed by atoms with van der Waals surface area (Å²) in [4.78, 5) is 18.4. The summed E-state index contributed by atoms with van der Waals surface area (Å²) in [5, 5.41) is 7.72. The molecule has 3 heterocycles. The summed E-state index contributed by atoms with van der Waals surface area (Å²) >= 11 is 0. The minimum atomic E-state index is -0.140. The number of H-pyrrole nitrogens is 1. The third kappa shape index (κ3) is 2.35. The maximum Gasteiger partial charge on any atom is 0.249 e. The summed E-state index contributed by atoms with van der Waals surface area (Å²) in [5.41, 5.74) is 5.20. The summed E-state index contributed by atoms with van der Waals surface area (Å²) in [6, 6.07) is 11.7. The average molecular weight is 292 g/mol. The summed E-state index contributed by atoms with van der Waals surface area (Å²) in [5.74, 6) is 0. The molecule has 3 aromatic rings. The maximum absolute atomic E-state index is 11.4. The van der Waals surface area contributed by atoms with Gasteiger partial charge in [-0.2, -0.15) is 0 Å². The molecular formula is C17H16N4O. The highest BCUT2D eigenvalue weighted by atomic mass is 16.1. The lowest BCUT2D eigenvalue weighted by molar-refractivity contribution is 0.644. The zero-order valence-corrected chi connectivity index (χ0v) is 12.0. The van der Waals surface area contributed by atoms with E-state index in [0.29, 0.717) is 5.65 Å². The van der Waals surface area contributed by atoms with Crippen LogP contribution in [0.15, 0.2) is 47.4 Å². The fourth-order valence-electron chi connectivity index (χ4n) is 2.88. The van der Waals surface area contributed by atoms with Gasteiger partial charge in [0.1, 0.15) is 5.65 Å². The first kappa shape index (κ1) is 13.0. The molecule has 0 aliphatic carbocycles. The lowest BCUT2D eigenvalue weighted by atomic mass is 10.0. The minimum Gasteiger partial charge on any atom is -0.355 e. The SMILES string of the molecule is O=c1ccc2c(Nc3ccc4c(c3)CCNC4)ccnc2[nH]1. The second kappa shape index (κ2) is 5.27. The van der Waals surface area contributed by atoms with Crippen LogP contribution >= 0.6 is 0 Å². The number of aromatic amines is 1. The van der Waals surface area contributed by atoms with Gasteiger partial charge in [-0.15, -0.1) is 0 Å². The van der Waals surface area contributed by atoms with E-state index in [1.165, 1.54) is 17.2 Å². The van der Waals surface area contributed by atoms with Crippen LogP contribution in [0.3, 0.4) is 0 Å². The predicted molar refractivity (Wildman–Crippen MR) is 87.5 cm³/mol. The molecular weight excluding hydrogens is 276 g/mol. The first-order valence-corrected chi connectivity index (χ1v) is 7.37. The summed E-state index contributed by atoms with van der Waals surface area (Å²) in [6.07, 6.45) is 2.75. The number of anilines is 2. The van der Waals surface area contributed by atoms with E-state index in [1.54, 1.807) is 12.3 Å². The van der Waals surface area contributed by atoms with E-state index in [2.05, 4.69) is 38.8 Å². The Labute approximate surface area is 127 Å². The van der Waals surface area contributed by atoms with Gasteiger partial charge in [0, 0.05) is 29.9 Å². The second-order valence-corrected chi connectivity index (χ2v) is 5.48. The van der Waals surface area contributed by atoms with Crippen molar-refractivity contribution in [2.75, 3.05) is 11.9 Å². The van der Waals surface area contributed by atoms with Gasteiger partial charge >= 0.3 is 0 Å². The number of nitrogens with one attached hydrogen (secondary N) is 3. The van der Waals surface area contributed by atoms with Crippen molar-refractivity contribution in [3.63, 3.8) is 0 Å². The summed E-state index contributed by atoms with van der Waals surface area (Å²) < 4.78 is 0. The molecule has 2 aromatic heterocycles. The molecule has 0 unspecified atom stereocenters. The summed E-state index contributed by atoms with van der Waals surface area (Å²) in [6.45, 7) is 1.96. The van der Waals surface area contributed by atoms with Crippen molar-refractivity contribution in [1.29, 1.82) is 0 Å². The standard InChI is InChI=1S/C17H16N4O/c22-16-4-3-14-15(6-8-19-17(14)21-16)20-13-2-1-12-10-18-7-5-11(12)9-13/h1-4,6,8-9,18H,5,7,10H2,(H2,19,20,21,22). The van der Waals surface area contributed by atoms with Gasteiger partial charge < -0.3 is 15.6 Å². The molecule has 1 aliphatic rings. The van der Waals surface area contributed by atoms with Crippen molar-refractivity contribution >= 4 is 22.4 Å². The van der Waals surface area contributed by atoms with Gasteiger partial charge in [0.25, 0.3) is 0 Å². The molecule has 0 fully saturated rings. The maximum atomic E-state index is 11.4. The van der Waals surface area contributed by atoms with Crippen molar-refractivity contribution in [2.45, 2.75) is 13.0 Å². The van der Waals surface area contributed by atoms with Crippen LogP contribution in [-0.4, -0.2) is 16.5 Å². The molecule has 0 saturated heterocycles. The molecule has 0 saturated carbocycles. The van der Waals surface area contributed by atoms with Crippen LogP contribution in [0.5, 0.6) is 0 Å².